The van der Waals surface area contributed by atoms with Crippen LogP contribution in [-0.4, -0.2) is 32.2 Å². The average molecular weight is 379 g/mol. The monoisotopic (exact) mass is 380 g/mol. The number of hydrogen-bond donors (Lipinski definition) is 0. The molecule has 0 N–H and O–H groups in total. The van der Waals surface area contributed by atoms with Crippen molar-refractivity contribution in [3.63, 3.8) is 0 Å². The summed E-state index contributed by atoms with van der Waals surface area (Å²) in [5.41, 5.74) is 0.631. The number of rotatable bonds is 7. The number of ether oxygens (including phenoxy) is 1. The van der Waals surface area contributed by atoms with Crippen LogP contribution in [0.2, 0.25) is 0 Å². The molecule has 1 aromatic rings. The summed E-state index contributed by atoms with van der Waals surface area (Å²) in [6, 6.07) is 9.85. The van der Waals surface area contributed by atoms with E-state index in [0.29, 0.717) is 19.4 Å². The fraction of sp³-hybridized carbons (Fsp3) is 0.474. The van der Waals surface area contributed by atoms with E-state index in [0.717, 1.165) is 23.7 Å². The molecule has 3 nitrogen and oxygen atoms in total. The molecule has 23 heavy (non-hydrogen) atoms. The summed E-state index contributed by atoms with van der Waals surface area (Å²) in [5.74, 6) is -0.168. The second-order valence-electron chi connectivity index (χ2n) is 6.01. The molecule has 0 radical (unpaired) electrons. The third kappa shape index (κ3) is 5.05. The van der Waals surface area contributed by atoms with Crippen molar-refractivity contribution < 1.29 is 14.3 Å². The zero-order chi connectivity index (χ0) is 16.7. The summed E-state index contributed by atoms with van der Waals surface area (Å²) in [6.07, 6.45) is 5.86. The molecule has 1 unspecified atom stereocenters. The van der Waals surface area contributed by atoms with Gasteiger partial charge in [0.2, 0.25) is 0 Å². The topological polar surface area (TPSA) is 43.4 Å². The number of hydrogen-bond acceptors (Lipinski definition) is 3. The molecule has 0 bridgehead atoms. The quantitative estimate of drug-likeness (QED) is 0.416. The molecule has 1 atom stereocenters. The second-order valence-corrected chi connectivity index (χ2v) is 8.38. The number of carbonyl (C=O) groups excluding carboxylic acids is 2. The van der Waals surface area contributed by atoms with Crippen LogP contribution in [0.5, 0.6) is 0 Å². The standard InChI is InChI=1S/C19H24O3Se/c1-3-22-18(21)19(12-7-8-15(2)14-19)13-11-17(20)23-16-9-5-4-6-10-16/h4-6,9-10,14H,3,7-8,11-13H2,1-2H3. The number of allylic oxidation sites excluding steroid dienone is 1. The van der Waals surface area contributed by atoms with E-state index in [2.05, 4.69) is 13.0 Å². The predicted molar refractivity (Wildman–Crippen MR) is 92.7 cm³/mol. The summed E-state index contributed by atoms with van der Waals surface area (Å²) in [7, 11) is 0. The SMILES string of the molecule is CCOC(=O)C1(CCC(=O)[Se]c2ccccc2)C=C(C)CCC1. The van der Waals surface area contributed by atoms with Gasteiger partial charge < -0.3 is 0 Å². The van der Waals surface area contributed by atoms with Crippen LogP contribution in [0, 0.1) is 5.41 Å². The molecule has 1 aliphatic carbocycles. The fourth-order valence-corrected chi connectivity index (χ4v) is 4.62. The first-order valence-corrected chi connectivity index (χ1v) is 9.88. The van der Waals surface area contributed by atoms with Gasteiger partial charge in [-0.3, -0.25) is 0 Å². The van der Waals surface area contributed by atoms with Crippen LogP contribution in [-0.2, 0) is 14.3 Å². The van der Waals surface area contributed by atoms with Crippen molar-refractivity contribution in [2.75, 3.05) is 6.61 Å². The maximum absolute atomic E-state index is 12.5. The molecule has 0 heterocycles. The summed E-state index contributed by atoms with van der Waals surface area (Å²) in [5, 5.41) is 0. The molecule has 0 aliphatic heterocycles. The molecule has 0 fully saturated rings. The molecule has 4 heteroatoms. The van der Waals surface area contributed by atoms with Crippen LogP contribution in [0.1, 0.15) is 46.0 Å². The number of carbonyl (C=O) groups is 2. The van der Waals surface area contributed by atoms with Gasteiger partial charge in [-0.1, -0.05) is 0 Å². The van der Waals surface area contributed by atoms with Gasteiger partial charge in [-0.05, 0) is 0 Å². The third-order valence-electron chi connectivity index (χ3n) is 4.15. The van der Waals surface area contributed by atoms with Gasteiger partial charge >= 0.3 is 144 Å². The van der Waals surface area contributed by atoms with Crippen molar-refractivity contribution in [3.8, 4) is 0 Å². The van der Waals surface area contributed by atoms with Crippen molar-refractivity contribution in [2.24, 2.45) is 5.41 Å². The van der Waals surface area contributed by atoms with Gasteiger partial charge in [-0.25, -0.2) is 0 Å². The van der Waals surface area contributed by atoms with E-state index in [-0.39, 0.29) is 25.6 Å². The van der Waals surface area contributed by atoms with E-state index in [4.69, 9.17) is 4.74 Å². The van der Waals surface area contributed by atoms with E-state index < -0.39 is 5.41 Å². The molecule has 0 saturated carbocycles. The van der Waals surface area contributed by atoms with Crippen LogP contribution < -0.4 is 4.46 Å². The van der Waals surface area contributed by atoms with Crippen LogP contribution in [0.3, 0.4) is 0 Å². The molecule has 1 aliphatic rings. The van der Waals surface area contributed by atoms with Crippen LogP contribution >= 0.6 is 0 Å². The van der Waals surface area contributed by atoms with Crippen LogP contribution in [0.15, 0.2) is 42.0 Å². The second kappa shape index (κ2) is 8.47. The Hall–Kier alpha value is -1.38. The Morgan fingerprint density at radius 2 is 2.00 bits per heavy atom. The Balaban J connectivity index is 2.02. The normalized spacial score (nSPS) is 20.7. The van der Waals surface area contributed by atoms with E-state index in [1.54, 1.807) is 0 Å². The number of esters is 1. The van der Waals surface area contributed by atoms with Crippen LogP contribution in [0.4, 0.5) is 0 Å². The summed E-state index contributed by atoms with van der Waals surface area (Å²) < 4.78 is 6.62. The van der Waals surface area contributed by atoms with Gasteiger partial charge in [0.25, 0.3) is 0 Å². The summed E-state index contributed by atoms with van der Waals surface area (Å²) in [4.78, 5) is 24.8. The summed E-state index contributed by atoms with van der Waals surface area (Å²) >= 11 is -0.176. The Kier molecular flexibility index (Phi) is 6.61. The first-order valence-electron chi connectivity index (χ1n) is 8.17. The van der Waals surface area contributed by atoms with Gasteiger partial charge in [0, 0.05) is 0 Å². The van der Waals surface area contributed by atoms with Crippen molar-refractivity contribution in [1.82, 2.24) is 0 Å². The van der Waals surface area contributed by atoms with Crippen molar-refractivity contribution in [1.29, 1.82) is 0 Å². The van der Waals surface area contributed by atoms with Gasteiger partial charge in [0.05, 0.1) is 0 Å². The minimum absolute atomic E-state index is 0.168. The molecule has 0 saturated heterocycles. The maximum atomic E-state index is 12.5. The van der Waals surface area contributed by atoms with Crippen molar-refractivity contribution in [2.45, 2.75) is 46.0 Å². The van der Waals surface area contributed by atoms with E-state index in [1.807, 2.05) is 37.3 Å². The molecule has 0 aromatic heterocycles. The van der Waals surface area contributed by atoms with Gasteiger partial charge in [0.15, 0.2) is 0 Å². The molecule has 124 valence electrons. The van der Waals surface area contributed by atoms with Gasteiger partial charge in [-0.15, -0.1) is 0 Å². The van der Waals surface area contributed by atoms with Crippen molar-refractivity contribution in [3.05, 3.63) is 42.0 Å². The Bertz CT molecular complexity index is 580. The molecule has 2 rings (SSSR count). The molecule has 0 amide bonds. The number of benzene rings is 1. The van der Waals surface area contributed by atoms with Gasteiger partial charge in [0.1, 0.15) is 0 Å². The summed E-state index contributed by atoms with van der Waals surface area (Å²) in [6.45, 7) is 4.27. The Morgan fingerprint density at radius 1 is 1.26 bits per heavy atom. The van der Waals surface area contributed by atoms with E-state index >= 15 is 0 Å². The van der Waals surface area contributed by atoms with E-state index in [1.165, 1.54) is 5.57 Å². The zero-order valence-electron chi connectivity index (χ0n) is 13.8. The predicted octanol–water partition coefficient (Wildman–Crippen LogP) is 3.00. The average Bonchev–Trinajstić information content (AvgIpc) is 2.54. The molecule has 1 aromatic carbocycles. The van der Waals surface area contributed by atoms with Crippen molar-refractivity contribution >= 4 is 30.1 Å². The van der Waals surface area contributed by atoms with Gasteiger partial charge in [-0.2, -0.15) is 0 Å². The molecule has 0 spiro atoms. The molecular weight excluding hydrogens is 355 g/mol. The Labute approximate surface area is 144 Å². The zero-order valence-corrected chi connectivity index (χ0v) is 15.6. The third-order valence-corrected chi connectivity index (χ3v) is 6.12. The van der Waals surface area contributed by atoms with E-state index in [9.17, 15) is 9.59 Å². The first-order chi connectivity index (χ1) is 11.1. The first kappa shape index (κ1) is 18.0. The van der Waals surface area contributed by atoms with Crippen LogP contribution in [0.25, 0.3) is 0 Å². The minimum atomic E-state index is -0.596. The fourth-order valence-electron chi connectivity index (χ4n) is 3.03. The molecular formula is C19H24O3Se. The Morgan fingerprint density at radius 3 is 2.65 bits per heavy atom.